The summed E-state index contributed by atoms with van der Waals surface area (Å²) in [4.78, 5) is 0. The van der Waals surface area contributed by atoms with E-state index in [1.54, 1.807) is 0 Å². The number of rotatable bonds is 8. The zero-order valence-corrected chi connectivity index (χ0v) is 16.2. The molecule has 0 aromatic carbocycles. The van der Waals surface area contributed by atoms with Gasteiger partial charge < -0.3 is 8.54 Å². The molecule has 0 aromatic rings. The predicted molar refractivity (Wildman–Crippen MR) is 85.2 cm³/mol. The highest BCUT2D eigenvalue weighted by molar-refractivity contribution is 6.94. The van der Waals surface area contributed by atoms with Crippen LogP contribution in [0.1, 0.15) is 27.7 Å². The van der Waals surface area contributed by atoms with Crippen molar-refractivity contribution >= 4 is 25.7 Å². The van der Waals surface area contributed by atoms with E-state index in [0.717, 1.165) is 6.61 Å². The smallest absolute Gasteiger partial charge is 0.194 e. The van der Waals surface area contributed by atoms with Crippen LogP contribution in [0.3, 0.4) is 0 Å². The van der Waals surface area contributed by atoms with Crippen molar-refractivity contribution < 1.29 is 8.54 Å². The van der Waals surface area contributed by atoms with Gasteiger partial charge in [0.2, 0.25) is 0 Å². The molecule has 0 rings (SSSR count). The van der Waals surface area contributed by atoms with Crippen LogP contribution in [0.4, 0.5) is 0 Å². The molecular weight excluding hydrogens is 260 g/mol. The second-order valence-electron chi connectivity index (χ2n) is 5.70. The topological polar surface area (TPSA) is 18.5 Å². The van der Waals surface area contributed by atoms with E-state index in [-0.39, 0.29) is 0 Å². The van der Waals surface area contributed by atoms with Crippen LogP contribution in [0.5, 0.6) is 0 Å². The summed E-state index contributed by atoms with van der Waals surface area (Å²) in [6.45, 7) is 19.3. The van der Waals surface area contributed by atoms with Crippen LogP contribution in [0.25, 0.3) is 0 Å². The Balaban J connectivity index is 4.98. The molecule has 2 nitrogen and oxygen atoms in total. The molecule has 0 aliphatic carbocycles. The summed E-state index contributed by atoms with van der Waals surface area (Å²) in [7, 11) is -4.11. The highest BCUT2D eigenvalue weighted by Crippen LogP contribution is 2.38. The minimum absolute atomic E-state index is 0.680. The van der Waals surface area contributed by atoms with Gasteiger partial charge in [-0.25, -0.2) is 0 Å². The Bertz CT molecular complexity index is 216. The fraction of sp³-hybridized carbons (Fsp3) is 1.00. The van der Waals surface area contributed by atoms with Gasteiger partial charge in [0.15, 0.2) is 25.7 Å². The van der Waals surface area contributed by atoms with E-state index in [1.807, 2.05) is 0 Å². The Hall–Kier alpha value is 0.571. The van der Waals surface area contributed by atoms with Gasteiger partial charge in [0.1, 0.15) is 0 Å². The van der Waals surface area contributed by atoms with Crippen LogP contribution in [-0.4, -0.2) is 32.3 Å². The average Bonchev–Trinajstić information content (AvgIpc) is 2.23. The van der Waals surface area contributed by atoms with E-state index in [2.05, 4.69) is 53.9 Å². The molecule has 1 atom stereocenters. The van der Waals surface area contributed by atoms with Crippen LogP contribution in [0.15, 0.2) is 0 Å². The minimum atomic E-state index is -1.59. The third-order valence-electron chi connectivity index (χ3n) is 4.00. The van der Waals surface area contributed by atoms with E-state index >= 15 is 0 Å². The third kappa shape index (κ3) is 4.63. The first-order valence-electron chi connectivity index (χ1n) is 7.07. The summed E-state index contributed by atoms with van der Waals surface area (Å²) in [5, 5.41) is 0.680. The third-order valence-corrected chi connectivity index (χ3v) is 18.9. The monoisotopic (exact) mass is 292 g/mol. The van der Waals surface area contributed by atoms with Crippen LogP contribution < -0.4 is 0 Å². The molecule has 0 aliphatic heterocycles. The zero-order valence-electron chi connectivity index (χ0n) is 13.1. The maximum atomic E-state index is 6.39. The van der Waals surface area contributed by atoms with Gasteiger partial charge in [-0.05, 0) is 50.4 Å². The fourth-order valence-electron chi connectivity index (χ4n) is 2.82. The van der Waals surface area contributed by atoms with Crippen molar-refractivity contribution in [2.24, 2.45) is 0 Å². The van der Waals surface area contributed by atoms with E-state index < -0.39 is 25.7 Å². The zero-order chi connectivity index (χ0) is 13.7. The first-order chi connectivity index (χ1) is 7.75. The minimum Gasteiger partial charge on any atom is -0.458 e. The molecule has 0 aromatic heterocycles. The molecule has 0 saturated heterocycles. The first-order valence-corrected chi connectivity index (χ1v) is 15.2. The summed E-state index contributed by atoms with van der Waals surface area (Å²) < 4.78 is 12.7. The molecule has 0 spiro atoms. The molecule has 1 unspecified atom stereocenters. The van der Waals surface area contributed by atoms with Gasteiger partial charge >= 0.3 is 0 Å². The Morgan fingerprint density at radius 3 is 1.82 bits per heavy atom. The normalized spacial score (nSPS) is 15.4. The van der Waals surface area contributed by atoms with Crippen molar-refractivity contribution in [3.8, 4) is 0 Å². The molecule has 5 heteroatoms. The second-order valence-corrected chi connectivity index (χ2v) is 18.1. The van der Waals surface area contributed by atoms with E-state index in [4.69, 9.17) is 8.54 Å². The van der Waals surface area contributed by atoms with Crippen molar-refractivity contribution in [2.75, 3.05) is 6.61 Å². The second kappa shape index (κ2) is 7.23. The lowest BCUT2D eigenvalue weighted by Crippen LogP contribution is -2.54. The van der Waals surface area contributed by atoms with E-state index in [1.165, 1.54) is 12.1 Å². The molecule has 0 amide bonds. The van der Waals surface area contributed by atoms with Gasteiger partial charge in [-0.15, -0.1) is 0 Å². The van der Waals surface area contributed by atoms with Crippen molar-refractivity contribution in [3.05, 3.63) is 0 Å². The lowest BCUT2D eigenvalue weighted by molar-refractivity contribution is 0.315. The van der Waals surface area contributed by atoms with Gasteiger partial charge in [0.25, 0.3) is 0 Å². The summed E-state index contributed by atoms with van der Waals surface area (Å²) in [5.41, 5.74) is 0. The molecule has 0 saturated carbocycles. The average molecular weight is 293 g/mol. The number of hydrogen-bond acceptors (Lipinski definition) is 2. The molecule has 0 radical (unpaired) electrons. The molecule has 0 bridgehead atoms. The van der Waals surface area contributed by atoms with Crippen LogP contribution in [0, 0.1) is 0 Å². The Morgan fingerprint density at radius 2 is 1.53 bits per heavy atom. The van der Waals surface area contributed by atoms with Crippen molar-refractivity contribution in [3.63, 3.8) is 0 Å². The maximum Gasteiger partial charge on any atom is 0.194 e. The van der Waals surface area contributed by atoms with Gasteiger partial charge in [-0.3, -0.25) is 0 Å². The first kappa shape index (κ1) is 17.6. The summed E-state index contributed by atoms with van der Waals surface area (Å²) in [6, 6.07) is 2.44. The fourth-order valence-corrected chi connectivity index (χ4v) is 18.6. The SMILES string of the molecule is CCO[Si](CC)(CC)C(C)[Si](C)(C)O[SiH](C)C. The largest absolute Gasteiger partial charge is 0.458 e. The highest BCUT2D eigenvalue weighted by Gasteiger charge is 2.47. The lowest BCUT2D eigenvalue weighted by Gasteiger charge is -2.43. The summed E-state index contributed by atoms with van der Waals surface area (Å²) >= 11 is 0. The predicted octanol–water partition coefficient (Wildman–Crippen LogP) is 4.14. The van der Waals surface area contributed by atoms with Crippen LogP contribution in [0.2, 0.25) is 43.4 Å². The highest BCUT2D eigenvalue weighted by atomic mass is 28.4. The molecule has 0 N–H and O–H groups in total. The van der Waals surface area contributed by atoms with Crippen molar-refractivity contribution in [2.45, 2.75) is 71.1 Å². The lowest BCUT2D eigenvalue weighted by atomic mass is 10.9. The Kier molecular flexibility index (Phi) is 7.47. The molecular formula is C12H32O2Si3. The maximum absolute atomic E-state index is 6.39. The van der Waals surface area contributed by atoms with Crippen molar-refractivity contribution in [1.29, 1.82) is 0 Å². The van der Waals surface area contributed by atoms with Gasteiger partial charge in [-0.1, -0.05) is 20.8 Å². The molecule has 104 valence electrons. The number of hydrogen-bond donors (Lipinski definition) is 0. The van der Waals surface area contributed by atoms with E-state index in [9.17, 15) is 0 Å². The molecule has 0 fully saturated rings. The van der Waals surface area contributed by atoms with E-state index in [0.29, 0.717) is 5.16 Å². The summed E-state index contributed by atoms with van der Waals surface area (Å²) in [5.74, 6) is 0. The standard InChI is InChI=1S/C12H32O2Si3/c1-9-13-17(10-2,11-3)12(4)16(7,8)14-15(5)6/h12,15H,9-11H2,1-8H3. The van der Waals surface area contributed by atoms with Gasteiger partial charge in [-0.2, -0.15) is 0 Å². The van der Waals surface area contributed by atoms with Crippen LogP contribution >= 0.6 is 0 Å². The molecule has 17 heavy (non-hydrogen) atoms. The summed E-state index contributed by atoms with van der Waals surface area (Å²) in [6.07, 6.45) is 0. The van der Waals surface area contributed by atoms with Crippen LogP contribution in [-0.2, 0) is 8.54 Å². The van der Waals surface area contributed by atoms with Gasteiger partial charge in [0.05, 0.1) is 0 Å². The van der Waals surface area contributed by atoms with Crippen molar-refractivity contribution in [1.82, 2.24) is 0 Å². The molecule has 0 aliphatic rings. The Morgan fingerprint density at radius 1 is 1.06 bits per heavy atom. The quantitative estimate of drug-likeness (QED) is 0.626. The molecule has 0 heterocycles. The van der Waals surface area contributed by atoms with Gasteiger partial charge in [0, 0.05) is 6.61 Å². The Labute approximate surface area is 112 Å².